The molecule has 0 aliphatic heterocycles. The van der Waals surface area contributed by atoms with Gasteiger partial charge in [-0.1, -0.05) is 24.3 Å². The van der Waals surface area contributed by atoms with Gasteiger partial charge in [-0.2, -0.15) is 0 Å². The van der Waals surface area contributed by atoms with E-state index in [0.717, 1.165) is 16.8 Å². The molecule has 1 aromatic heterocycles. The minimum atomic E-state index is 0.345. The first-order valence-corrected chi connectivity index (χ1v) is 8.48. The lowest BCUT2D eigenvalue weighted by Crippen LogP contribution is -2.19. The van der Waals surface area contributed by atoms with Crippen molar-refractivity contribution in [3.8, 4) is 0 Å². The van der Waals surface area contributed by atoms with Crippen molar-refractivity contribution in [2.45, 2.75) is 45.2 Å². The molecule has 0 saturated heterocycles. The first-order chi connectivity index (χ1) is 10.2. The Morgan fingerprint density at radius 2 is 1.95 bits per heavy atom. The van der Waals surface area contributed by atoms with Crippen LogP contribution in [0.2, 0.25) is 0 Å². The van der Waals surface area contributed by atoms with Gasteiger partial charge in [0, 0.05) is 12.6 Å². The van der Waals surface area contributed by atoms with Crippen LogP contribution in [0.1, 0.15) is 48.2 Å². The molecule has 0 bridgehead atoms. The van der Waals surface area contributed by atoms with Gasteiger partial charge in [-0.05, 0) is 77.4 Å². The van der Waals surface area contributed by atoms with Crippen molar-refractivity contribution in [1.29, 1.82) is 0 Å². The van der Waals surface area contributed by atoms with E-state index in [1.165, 1.54) is 31.2 Å². The van der Waals surface area contributed by atoms with Crippen LogP contribution in [-0.2, 0) is 19.4 Å². The molecule has 0 radical (unpaired) electrons. The Labute approximate surface area is 135 Å². The van der Waals surface area contributed by atoms with Gasteiger partial charge in [0.2, 0.25) is 0 Å². The number of halogens is 1. The van der Waals surface area contributed by atoms with Gasteiger partial charge < -0.3 is 5.32 Å². The summed E-state index contributed by atoms with van der Waals surface area (Å²) in [5, 5.41) is 3.57. The third kappa shape index (κ3) is 3.72. The topological polar surface area (TPSA) is 24.9 Å². The Morgan fingerprint density at radius 1 is 1.14 bits per heavy atom. The third-order valence-corrected chi connectivity index (χ3v) is 4.68. The van der Waals surface area contributed by atoms with Crippen LogP contribution in [0.4, 0.5) is 0 Å². The Bertz CT molecular complexity index is 624. The zero-order valence-corrected chi connectivity index (χ0v) is 14.0. The summed E-state index contributed by atoms with van der Waals surface area (Å²) in [6, 6.07) is 13.4. The molecule has 1 unspecified atom stereocenters. The second-order valence-electron chi connectivity index (χ2n) is 5.79. The third-order valence-electron chi connectivity index (χ3n) is 4.23. The number of aryl methyl sites for hydroxylation is 2. The van der Waals surface area contributed by atoms with E-state index in [9.17, 15) is 0 Å². The fourth-order valence-electron chi connectivity index (χ4n) is 2.95. The zero-order chi connectivity index (χ0) is 14.7. The first-order valence-electron chi connectivity index (χ1n) is 7.69. The average Bonchev–Trinajstić information content (AvgIpc) is 2.52. The van der Waals surface area contributed by atoms with Gasteiger partial charge in [-0.3, -0.25) is 0 Å². The summed E-state index contributed by atoms with van der Waals surface area (Å²) in [4.78, 5) is 4.46. The summed E-state index contributed by atoms with van der Waals surface area (Å²) in [7, 11) is 0. The normalized spacial score (nSPS) is 15.5. The highest BCUT2D eigenvalue weighted by Gasteiger charge is 2.12. The minimum absolute atomic E-state index is 0.345. The fraction of sp³-hybridized carbons (Fsp3) is 0.389. The van der Waals surface area contributed by atoms with E-state index >= 15 is 0 Å². The number of rotatable bonds is 4. The van der Waals surface area contributed by atoms with E-state index in [4.69, 9.17) is 0 Å². The lowest BCUT2D eigenvalue weighted by molar-refractivity contribution is 0.565. The molecule has 0 amide bonds. The molecule has 1 aliphatic rings. The molecule has 1 heterocycles. The van der Waals surface area contributed by atoms with Crippen molar-refractivity contribution in [3.63, 3.8) is 0 Å². The van der Waals surface area contributed by atoms with E-state index in [2.05, 4.69) is 57.4 Å². The summed E-state index contributed by atoms with van der Waals surface area (Å²) >= 11 is 3.42. The van der Waals surface area contributed by atoms with Crippen molar-refractivity contribution >= 4 is 15.9 Å². The molecular weight excluding hydrogens is 324 g/mol. The van der Waals surface area contributed by atoms with Crippen LogP contribution in [0.25, 0.3) is 0 Å². The monoisotopic (exact) mass is 344 g/mol. The molecule has 1 aromatic carbocycles. The average molecular weight is 345 g/mol. The van der Waals surface area contributed by atoms with Crippen LogP contribution in [0.5, 0.6) is 0 Å². The van der Waals surface area contributed by atoms with E-state index < -0.39 is 0 Å². The van der Waals surface area contributed by atoms with Crippen LogP contribution < -0.4 is 5.32 Å². The van der Waals surface area contributed by atoms with Crippen LogP contribution in [0, 0.1) is 0 Å². The molecule has 2 aromatic rings. The summed E-state index contributed by atoms with van der Waals surface area (Å²) in [6.45, 7) is 3.01. The van der Waals surface area contributed by atoms with Gasteiger partial charge in [0.15, 0.2) is 0 Å². The summed E-state index contributed by atoms with van der Waals surface area (Å²) in [5.74, 6) is 0. The van der Waals surface area contributed by atoms with Crippen molar-refractivity contribution in [2.24, 2.45) is 0 Å². The highest BCUT2D eigenvalue weighted by Crippen LogP contribution is 2.24. The number of benzene rings is 1. The predicted molar refractivity (Wildman–Crippen MR) is 90.3 cm³/mol. The van der Waals surface area contributed by atoms with Crippen molar-refractivity contribution in [1.82, 2.24) is 10.3 Å². The molecule has 3 heteroatoms. The summed E-state index contributed by atoms with van der Waals surface area (Å²) < 4.78 is 0.892. The Balaban J connectivity index is 1.66. The fourth-order valence-corrected chi connectivity index (χ4v) is 3.33. The smallest absolute Gasteiger partial charge is 0.106 e. The van der Waals surface area contributed by atoms with Gasteiger partial charge in [0.25, 0.3) is 0 Å². The van der Waals surface area contributed by atoms with Crippen LogP contribution in [-0.4, -0.2) is 4.98 Å². The van der Waals surface area contributed by atoms with Gasteiger partial charge in [-0.25, -0.2) is 4.98 Å². The number of aromatic nitrogens is 1. The molecule has 3 rings (SSSR count). The van der Waals surface area contributed by atoms with Gasteiger partial charge in [-0.15, -0.1) is 0 Å². The number of hydrogen-bond acceptors (Lipinski definition) is 2. The Hall–Kier alpha value is -1.19. The second kappa shape index (κ2) is 6.71. The SMILES string of the molecule is CC(NCc1cccc(Br)n1)c1ccc2c(c1)CCCC2. The second-order valence-corrected chi connectivity index (χ2v) is 6.60. The minimum Gasteiger partial charge on any atom is -0.305 e. The molecule has 1 aliphatic carbocycles. The Morgan fingerprint density at radius 3 is 2.76 bits per heavy atom. The van der Waals surface area contributed by atoms with Gasteiger partial charge in [0.05, 0.1) is 5.69 Å². The zero-order valence-electron chi connectivity index (χ0n) is 12.4. The lowest BCUT2D eigenvalue weighted by Gasteiger charge is -2.20. The van der Waals surface area contributed by atoms with Crippen molar-refractivity contribution in [2.75, 3.05) is 0 Å². The molecular formula is C18H21BrN2. The number of pyridine rings is 1. The van der Waals surface area contributed by atoms with Gasteiger partial charge >= 0.3 is 0 Å². The van der Waals surface area contributed by atoms with E-state index in [1.807, 2.05) is 12.1 Å². The molecule has 1 N–H and O–H groups in total. The molecule has 0 fully saturated rings. The maximum absolute atomic E-state index is 4.46. The van der Waals surface area contributed by atoms with Crippen LogP contribution in [0.3, 0.4) is 0 Å². The summed E-state index contributed by atoms with van der Waals surface area (Å²) in [5.41, 5.74) is 5.54. The predicted octanol–water partition coefficient (Wildman–Crippen LogP) is 4.57. The first kappa shape index (κ1) is 14.7. The summed E-state index contributed by atoms with van der Waals surface area (Å²) in [6.07, 6.45) is 5.16. The lowest BCUT2D eigenvalue weighted by atomic mass is 9.89. The van der Waals surface area contributed by atoms with Gasteiger partial charge in [0.1, 0.15) is 4.60 Å². The standard InChI is InChI=1S/C18H21BrN2/c1-13(20-12-17-7-4-8-18(19)21-17)15-10-9-14-5-2-3-6-16(14)11-15/h4,7-11,13,20H,2-3,5-6,12H2,1H3. The van der Waals surface area contributed by atoms with E-state index in [1.54, 1.807) is 11.1 Å². The number of fused-ring (bicyclic) bond motifs is 1. The van der Waals surface area contributed by atoms with Crippen molar-refractivity contribution < 1.29 is 0 Å². The highest BCUT2D eigenvalue weighted by atomic mass is 79.9. The molecule has 0 spiro atoms. The maximum Gasteiger partial charge on any atom is 0.106 e. The van der Waals surface area contributed by atoms with E-state index in [0.29, 0.717) is 6.04 Å². The maximum atomic E-state index is 4.46. The largest absolute Gasteiger partial charge is 0.305 e. The molecule has 21 heavy (non-hydrogen) atoms. The van der Waals surface area contributed by atoms with Crippen LogP contribution >= 0.6 is 15.9 Å². The van der Waals surface area contributed by atoms with Crippen molar-refractivity contribution in [3.05, 3.63) is 63.4 Å². The van der Waals surface area contributed by atoms with Crippen LogP contribution in [0.15, 0.2) is 41.0 Å². The molecule has 0 saturated carbocycles. The molecule has 1 atom stereocenters. The molecule has 110 valence electrons. The van der Waals surface area contributed by atoms with E-state index in [-0.39, 0.29) is 0 Å². The number of hydrogen-bond donors (Lipinski definition) is 1. The number of nitrogens with one attached hydrogen (secondary N) is 1. The Kier molecular flexibility index (Phi) is 4.71. The molecule has 2 nitrogen and oxygen atoms in total. The number of nitrogens with zero attached hydrogens (tertiary/aromatic N) is 1. The quantitative estimate of drug-likeness (QED) is 0.821. The highest BCUT2D eigenvalue weighted by molar-refractivity contribution is 9.10.